The van der Waals surface area contributed by atoms with Crippen molar-refractivity contribution in [3.63, 3.8) is 0 Å². The lowest BCUT2D eigenvalue weighted by atomic mass is 10.0. The fourth-order valence-corrected chi connectivity index (χ4v) is 3.59. The van der Waals surface area contributed by atoms with Crippen LogP contribution < -0.4 is 5.32 Å². The Bertz CT molecular complexity index is 388. The van der Waals surface area contributed by atoms with Crippen LogP contribution in [0, 0.1) is 0 Å². The van der Waals surface area contributed by atoms with Crippen LogP contribution in [0.5, 0.6) is 0 Å². The number of benzene rings is 1. The van der Waals surface area contributed by atoms with Gasteiger partial charge in [0.05, 0.1) is 0 Å². The summed E-state index contributed by atoms with van der Waals surface area (Å²) >= 11 is 1.87. The van der Waals surface area contributed by atoms with E-state index < -0.39 is 0 Å². The van der Waals surface area contributed by atoms with E-state index in [-0.39, 0.29) is 0 Å². The van der Waals surface area contributed by atoms with Gasteiger partial charge in [-0.3, -0.25) is 4.90 Å². The summed E-state index contributed by atoms with van der Waals surface area (Å²) in [4.78, 5) is 4.15. The number of hydrogen-bond acceptors (Lipinski definition) is 3. The average Bonchev–Trinajstić information content (AvgIpc) is 2.52. The summed E-state index contributed by atoms with van der Waals surface area (Å²) < 4.78 is 0. The quantitative estimate of drug-likeness (QED) is 0.770. The third kappa shape index (κ3) is 4.51. The third-order valence-electron chi connectivity index (χ3n) is 4.19. The molecule has 20 heavy (non-hydrogen) atoms. The maximum Gasteiger partial charge on any atom is 0.0247 e. The van der Waals surface area contributed by atoms with Gasteiger partial charge in [0.25, 0.3) is 0 Å². The minimum Gasteiger partial charge on any atom is -0.317 e. The lowest BCUT2D eigenvalue weighted by molar-refractivity contribution is 0.151. The number of piperidine rings is 1. The largest absolute Gasteiger partial charge is 0.317 e. The van der Waals surface area contributed by atoms with Gasteiger partial charge < -0.3 is 5.32 Å². The Hall–Kier alpha value is -0.510. The molecule has 112 valence electrons. The highest BCUT2D eigenvalue weighted by Crippen LogP contribution is 2.24. The van der Waals surface area contributed by atoms with Crippen LogP contribution in [0.3, 0.4) is 0 Å². The molecule has 2 nitrogen and oxygen atoms in total. The molecular weight excluding hydrogens is 264 g/mol. The summed E-state index contributed by atoms with van der Waals surface area (Å²) in [5.41, 5.74) is 1.50. The molecule has 0 aromatic heterocycles. The molecule has 0 amide bonds. The summed E-state index contributed by atoms with van der Waals surface area (Å²) in [6.07, 6.45) is 7.37. The topological polar surface area (TPSA) is 15.3 Å². The van der Waals surface area contributed by atoms with Gasteiger partial charge >= 0.3 is 0 Å². The first-order valence-corrected chi connectivity index (χ1v) is 9.14. The average molecular weight is 292 g/mol. The van der Waals surface area contributed by atoms with E-state index >= 15 is 0 Å². The van der Waals surface area contributed by atoms with Gasteiger partial charge in [-0.05, 0) is 56.8 Å². The van der Waals surface area contributed by atoms with Crippen LogP contribution in [0.4, 0.5) is 0 Å². The number of rotatable bonds is 7. The molecule has 1 N–H and O–H groups in total. The van der Waals surface area contributed by atoms with E-state index in [1.165, 1.54) is 55.8 Å². The van der Waals surface area contributed by atoms with Crippen molar-refractivity contribution in [2.45, 2.75) is 50.1 Å². The van der Waals surface area contributed by atoms with Crippen LogP contribution in [-0.4, -0.2) is 36.8 Å². The number of hydrogen-bond donors (Lipinski definition) is 1. The van der Waals surface area contributed by atoms with Crippen molar-refractivity contribution in [3.8, 4) is 0 Å². The van der Waals surface area contributed by atoms with Crippen molar-refractivity contribution in [1.82, 2.24) is 10.2 Å². The Kier molecular flexibility index (Phi) is 6.91. The Balaban J connectivity index is 2.05. The molecule has 1 aliphatic heterocycles. The minimum atomic E-state index is 0.762. The van der Waals surface area contributed by atoms with Crippen molar-refractivity contribution < 1.29 is 0 Å². The smallest absolute Gasteiger partial charge is 0.0247 e. The lowest BCUT2D eigenvalue weighted by Gasteiger charge is -2.35. The van der Waals surface area contributed by atoms with Gasteiger partial charge in [0, 0.05) is 17.5 Å². The fourth-order valence-electron chi connectivity index (χ4n) is 2.98. The second kappa shape index (κ2) is 8.71. The molecule has 1 aromatic rings. The summed E-state index contributed by atoms with van der Waals surface area (Å²) in [6, 6.07) is 9.63. The zero-order chi connectivity index (χ0) is 14.2. The number of nitrogens with zero attached hydrogens (tertiary/aromatic N) is 1. The van der Waals surface area contributed by atoms with E-state index in [0.29, 0.717) is 0 Å². The van der Waals surface area contributed by atoms with Crippen LogP contribution in [0.2, 0.25) is 0 Å². The summed E-state index contributed by atoms with van der Waals surface area (Å²) in [5, 5.41) is 3.48. The molecule has 0 spiro atoms. The highest BCUT2D eigenvalue weighted by Gasteiger charge is 2.21. The lowest BCUT2D eigenvalue weighted by Crippen LogP contribution is -2.43. The zero-order valence-corrected chi connectivity index (χ0v) is 13.7. The van der Waals surface area contributed by atoms with Crippen LogP contribution in [0.15, 0.2) is 29.2 Å². The Labute approximate surface area is 128 Å². The molecule has 1 aromatic carbocycles. The first-order valence-electron chi connectivity index (χ1n) is 7.91. The number of nitrogens with one attached hydrogen (secondary N) is 1. The van der Waals surface area contributed by atoms with Crippen LogP contribution in [-0.2, 0) is 6.54 Å². The molecule has 0 aliphatic carbocycles. The van der Waals surface area contributed by atoms with Crippen molar-refractivity contribution in [3.05, 3.63) is 29.8 Å². The minimum absolute atomic E-state index is 0.762. The van der Waals surface area contributed by atoms with Crippen LogP contribution in [0.1, 0.15) is 38.2 Å². The van der Waals surface area contributed by atoms with E-state index in [9.17, 15) is 0 Å². The molecular formula is C17H28N2S. The normalized spacial score (nSPS) is 16.8. The SMILES string of the molecule is CCCCN(Cc1ccccc1SC)C1CCNCC1. The van der Waals surface area contributed by atoms with Gasteiger partial charge in [-0.25, -0.2) is 0 Å². The maximum absolute atomic E-state index is 3.48. The van der Waals surface area contributed by atoms with Gasteiger partial charge in [-0.15, -0.1) is 11.8 Å². The van der Waals surface area contributed by atoms with Crippen molar-refractivity contribution >= 4 is 11.8 Å². The highest BCUT2D eigenvalue weighted by molar-refractivity contribution is 7.98. The molecule has 1 fully saturated rings. The first kappa shape index (κ1) is 15.9. The zero-order valence-electron chi connectivity index (χ0n) is 12.9. The molecule has 0 atom stereocenters. The number of thioether (sulfide) groups is 1. The van der Waals surface area contributed by atoms with Gasteiger partial charge in [-0.1, -0.05) is 31.5 Å². The third-order valence-corrected chi connectivity index (χ3v) is 5.03. The molecule has 1 saturated heterocycles. The van der Waals surface area contributed by atoms with E-state index in [2.05, 4.69) is 47.7 Å². The monoisotopic (exact) mass is 292 g/mol. The van der Waals surface area contributed by atoms with E-state index in [4.69, 9.17) is 0 Å². The van der Waals surface area contributed by atoms with E-state index in [0.717, 1.165) is 12.6 Å². The molecule has 0 radical (unpaired) electrons. The van der Waals surface area contributed by atoms with E-state index in [1.54, 1.807) is 0 Å². The first-order chi connectivity index (χ1) is 9.85. The molecule has 3 heteroatoms. The van der Waals surface area contributed by atoms with E-state index in [1.807, 2.05) is 11.8 Å². The molecule has 2 rings (SSSR count). The predicted octanol–water partition coefficient (Wildman–Crippen LogP) is 3.76. The number of unbranched alkanes of at least 4 members (excludes halogenated alkanes) is 1. The van der Waals surface area contributed by atoms with Crippen LogP contribution >= 0.6 is 11.8 Å². The standard InChI is InChI=1S/C17H28N2S/c1-3-4-13-19(16-9-11-18-12-10-16)14-15-7-5-6-8-17(15)20-2/h5-8,16,18H,3-4,9-14H2,1-2H3. The molecule has 1 heterocycles. The molecule has 1 aliphatic rings. The Morgan fingerprint density at radius 1 is 1.25 bits per heavy atom. The van der Waals surface area contributed by atoms with Crippen molar-refractivity contribution in [1.29, 1.82) is 0 Å². The van der Waals surface area contributed by atoms with Gasteiger partial charge in [0.2, 0.25) is 0 Å². The maximum atomic E-state index is 3.48. The molecule has 0 bridgehead atoms. The van der Waals surface area contributed by atoms with Gasteiger partial charge in [0.15, 0.2) is 0 Å². The molecule has 0 saturated carbocycles. The summed E-state index contributed by atoms with van der Waals surface area (Å²) in [5.74, 6) is 0. The Morgan fingerprint density at radius 2 is 2.00 bits per heavy atom. The fraction of sp³-hybridized carbons (Fsp3) is 0.647. The second-order valence-electron chi connectivity index (χ2n) is 5.62. The molecule has 0 unspecified atom stereocenters. The Morgan fingerprint density at radius 3 is 2.70 bits per heavy atom. The summed E-state index contributed by atoms with van der Waals surface area (Å²) in [6.45, 7) is 7.00. The van der Waals surface area contributed by atoms with Crippen LogP contribution in [0.25, 0.3) is 0 Å². The van der Waals surface area contributed by atoms with Gasteiger partial charge in [0.1, 0.15) is 0 Å². The second-order valence-corrected chi connectivity index (χ2v) is 6.47. The van der Waals surface area contributed by atoms with Gasteiger partial charge in [-0.2, -0.15) is 0 Å². The highest BCUT2D eigenvalue weighted by atomic mass is 32.2. The van der Waals surface area contributed by atoms with Crippen molar-refractivity contribution in [2.24, 2.45) is 0 Å². The van der Waals surface area contributed by atoms with Crippen molar-refractivity contribution in [2.75, 3.05) is 25.9 Å². The summed E-state index contributed by atoms with van der Waals surface area (Å²) in [7, 11) is 0. The predicted molar refractivity (Wildman–Crippen MR) is 89.4 cm³/mol.